The van der Waals surface area contributed by atoms with Gasteiger partial charge in [-0.2, -0.15) is 4.21 Å². The van der Waals surface area contributed by atoms with Gasteiger partial charge in [-0.05, 0) is 30.5 Å². The smallest absolute Gasteiger partial charge is 0.357 e. The Morgan fingerprint density at radius 1 is 0.905 bits per heavy atom. The van der Waals surface area contributed by atoms with Gasteiger partial charge in [0.25, 0.3) is 0 Å². The Kier molecular flexibility index (Phi) is 10.2. The zero-order valence-corrected chi connectivity index (χ0v) is 13.9. The molecular weight excluding hydrogens is 284 g/mol. The van der Waals surface area contributed by atoms with Gasteiger partial charge in [0, 0.05) is 0 Å². The first-order valence-electron chi connectivity index (χ1n) is 8.10. The van der Waals surface area contributed by atoms with E-state index in [-0.39, 0.29) is 0 Å². The average Bonchev–Trinajstić information content (AvgIpc) is 2.47. The van der Waals surface area contributed by atoms with Gasteiger partial charge < -0.3 is 4.18 Å². The minimum Gasteiger partial charge on any atom is -0.380 e. The molecule has 0 bridgehead atoms. The minimum absolute atomic E-state index is 0.437. The molecular formula is C17H28O3S. The van der Waals surface area contributed by atoms with Crippen LogP contribution in [0.25, 0.3) is 0 Å². The van der Waals surface area contributed by atoms with Gasteiger partial charge >= 0.3 is 11.4 Å². The lowest BCUT2D eigenvalue weighted by atomic mass is 10.0. The molecule has 0 radical (unpaired) electrons. The molecule has 4 heteroatoms. The van der Waals surface area contributed by atoms with Gasteiger partial charge in [0.05, 0.1) is 0 Å². The van der Waals surface area contributed by atoms with Crippen molar-refractivity contribution in [3.63, 3.8) is 0 Å². The Bertz CT molecular complexity index is 390. The van der Waals surface area contributed by atoms with E-state index in [0.29, 0.717) is 5.75 Å². The minimum atomic E-state index is -2.24. The Labute approximate surface area is 131 Å². The largest absolute Gasteiger partial charge is 0.380 e. The van der Waals surface area contributed by atoms with E-state index in [1.165, 1.54) is 63.4 Å². The van der Waals surface area contributed by atoms with Crippen LogP contribution in [0, 0.1) is 0 Å². The summed E-state index contributed by atoms with van der Waals surface area (Å²) in [4.78, 5) is 0. The highest BCUT2D eigenvalue weighted by atomic mass is 32.2. The number of rotatable bonds is 12. The Morgan fingerprint density at radius 2 is 1.43 bits per heavy atom. The van der Waals surface area contributed by atoms with Crippen LogP contribution in [0.15, 0.2) is 24.3 Å². The second kappa shape index (κ2) is 11.8. The van der Waals surface area contributed by atoms with Gasteiger partial charge in [0.2, 0.25) is 0 Å². The van der Waals surface area contributed by atoms with Crippen molar-refractivity contribution in [2.45, 2.75) is 71.1 Å². The molecule has 0 aliphatic rings. The number of unbranched alkanes of at least 4 members (excludes halogenated alkanes) is 8. The van der Waals surface area contributed by atoms with Crippen molar-refractivity contribution >= 4 is 11.4 Å². The van der Waals surface area contributed by atoms with Crippen LogP contribution in [0.3, 0.4) is 0 Å². The van der Waals surface area contributed by atoms with Gasteiger partial charge in [0.15, 0.2) is 0 Å². The number of aryl methyl sites for hydroxylation is 1. The summed E-state index contributed by atoms with van der Waals surface area (Å²) in [5.41, 5.74) is 1.26. The molecule has 1 rings (SSSR count). The zero-order valence-electron chi connectivity index (χ0n) is 13.1. The molecule has 0 saturated heterocycles. The summed E-state index contributed by atoms with van der Waals surface area (Å²) >= 11 is -2.24. The molecule has 1 aromatic rings. The lowest BCUT2D eigenvalue weighted by Crippen LogP contribution is -1.97. The first-order chi connectivity index (χ1) is 10.2. The van der Waals surface area contributed by atoms with Crippen molar-refractivity contribution in [2.75, 3.05) is 0 Å². The molecule has 1 atom stereocenters. The monoisotopic (exact) mass is 312 g/mol. The summed E-state index contributed by atoms with van der Waals surface area (Å²) < 4.78 is 23.8. The fraction of sp³-hybridized carbons (Fsp3) is 0.647. The van der Waals surface area contributed by atoms with E-state index in [9.17, 15) is 4.21 Å². The first kappa shape index (κ1) is 18.2. The highest BCUT2D eigenvalue weighted by Crippen LogP contribution is 2.16. The molecule has 0 aliphatic carbocycles. The molecule has 0 fully saturated rings. The Morgan fingerprint density at radius 3 is 1.95 bits per heavy atom. The van der Waals surface area contributed by atoms with E-state index in [0.717, 1.165) is 6.42 Å². The van der Waals surface area contributed by atoms with Crippen LogP contribution in [-0.4, -0.2) is 8.76 Å². The van der Waals surface area contributed by atoms with Crippen LogP contribution in [0.2, 0.25) is 0 Å². The summed E-state index contributed by atoms with van der Waals surface area (Å²) in [6.07, 6.45) is 13.1. The van der Waals surface area contributed by atoms with Gasteiger partial charge in [-0.1, -0.05) is 70.4 Å². The second-order valence-electron chi connectivity index (χ2n) is 5.52. The van der Waals surface area contributed by atoms with Gasteiger partial charge in [-0.3, -0.25) is 4.55 Å². The molecule has 1 N–H and O–H groups in total. The topological polar surface area (TPSA) is 46.5 Å². The Hall–Kier alpha value is -0.870. The summed E-state index contributed by atoms with van der Waals surface area (Å²) in [7, 11) is 0. The van der Waals surface area contributed by atoms with Crippen molar-refractivity contribution in [2.24, 2.45) is 0 Å². The third-order valence-electron chi connectivity index (χ3n) is 3.66. The van der Waals surface area contributed by atoms with Crippen molar-refractivity contribution < 1.29 is 12.9 Å². The maximum atomic E-state index is 10.5. The van der Waals surface area contributed by atoms with Crippen LogP contribution >= 0.6 is 0 Å². The lowest BCUT2D eigenvalue weighted by Gasteiger charge is -2.04. The van der Waals surface area contributed by atoms with Crippen LogP contribution in [-0.2, 0) is 17.8 Å². The highest BCUT2D eigenvalue weighted by molar-refractivity contribution is 7.74. The van der Waals surface area contributed by atoms with E-state index in [2.05, 4.69) is 6.92 Å². The first-order valence-corrected chi connectivity index (χ1v) is 9.13. The Balaban J connectivity index is 2.03. The zero-order chi connectivity index (χ0) is 15.3. The van der Waals surface area contributed by atoms with Crippen LogP contribution < -0.4 is 4.18 Å². The van der Waals surface area contributed by atoms with Crippen molar-refractivity contribution in [3.8, 4) is 5.75 Å². The summed E-state index contributed by atoms with van der Waals surface area (Å²) in [5, 5.41) is 0. The molecule has 120 valence electrons. The van der Waals surface area contributed by atoms with Crippen molar-refractivity contribution in [3.05, 3.63) is 29.8 Å². The van der Waals surface area contributed by atoms with E-state index in [1.807, 2.05) is 12.1 Å². The molecule has 1 unspecified atom stereocenters. The number of hydrogen-bond acceptors (Lipinski definition) is 2. The predicted molar refractivity (Wildman–Crippen MR) is 88.8 cm³/mol. The van der Waals surface area contributed by atoms with Crippen LogP contribution in [0.5, 0.6) is 5.75 Å². The van der Waals surface area contributed by atoms with E-state index in [4.69, 9.17) is 8.74 Å². The lowest BCUT2D eigenvalue weighted by molar-refractivity contribution is 0.458. The maximum Gasteiger partial charge on any atom is 0.357 e. The normalized spacial score (nSPS) is 12.3. The van der Waals surface area contributed by atoms with Crippen molar-refractivity contribution in [1.29, 1.82) is 0 Å². The van der Waals surface area contributed by atoms with Crippen LogP contribution in [0.1, 0.15) is 70.3 Å². The van der Waals surface area contributed by atoms with E-state index in [1.54, 1.807) is 12.1 Å². The molecule has 0 heterocycles. The maximum absolute atomic E-state index is 10.5. The molecule has 0 amide bonds. The predicted octanol–water partition coefficient (Wildman–Crippen LogP) is 5.28. The highest BCUT2D eigenvalue weighted by Gasteiger charge is 1.99. The van der Waals surface area contributed by atoms with Crippen molar-refractivity contribution in [1.82, 2.24) is 0 Å². The van der Waals surface area contributed by atoms with E-state index < -0.39 is 11.4 Å². The summed E-state index contributed by atoms with van der Waals surface area (Å²) in [6.45, 7) is 2.25. The molecule has 0 aliphatic heterocycles. The SMILES string of the molecule is CCCCCCCCCCCc1ccc(OS(=O)O)cc1. The molecule has 1 aromatic carbocycles. The molecule has 0 spiro atoms. The van der Waals surface area contributed by atoms with E-state index >= 15 is 0 Å². The summed E-state index contributed by atoms with van der Waals surface area (Å²) in [6, 6.07) is 7.42. The quantitative estimate of drug-likeness (QED) is 0.422. The third-order valence-corrected chi connectivity index (χ3v) is 3.99. The second-order valence-corrected chi connectivity index (χ2v) is 6.12. The third kappa shape index (κ3) is 9.64. The number of hydrogen-bond donors (Lipinski definition) is 1. The number of benzene rings is 1. The standard InChI is InChI=1S/C17H28O3S/c1-2-3-4-5-6-7-8-9-10-11-16-12-14-17(15-13-16)20-21(18)19/h12-15H,2-11H2,1H3,(H,18,19). The van der Waals surface area contributed by atoms with Gasteiger partial charge in [0.1, 0.15) is 5.75 Å². The average molecular weight is 312 g/mol. The summed E-state index contributed by atoms with van der Waals surface area (Å²) in [5.74, 6) is 0.437. The van der Waals surface area contributed by atoms with Gasteiger partial charge in [-0.15, -0.1) is 0 Å². The fourth-order valence-electron chi connectivity index (χ4n) is 2.43. The van der Waals surface area contributed by atoms with Gasteiger partial charge in [-0.25, -0.2) is 0 Å². The fourth-order valence-corrected chi connectivity index (χ4v) is 2.71. The molecule has 0 saturated carbocycles. The van der Waals surface area contributed by atoms with Crippen LogP contribution in [0.4, 0.5) is 0 Å². The molecule has 21 heavy (non-hydrogen) atoms. The molecule has 3 nitrogen and oxygen atoms in total. The molecule has 0 aromatic heterocycles.